The Morgan fingerprint density at radius 1 is 1.16 bits per heavy atom. The molecule has 2 aromatic rings. The lowest BCUT2D eigenvalue weighted by Gasteiger charge is -2.16. The van der Waals surface area contributed by atoms with Gasteiger partial charge in [0, 0.05) is 38.7 Å². The number of nitrogens with one attached hydrogen (secondary N) is 1. The van der Waals surface area contributed by atoms with Crippen LogP contribution in [0.3, 0.4) is 0 Å². The fraction of sp³-hybridized carbons (Fsp3) is 0.389. The molecule has 0 unspecified atom stereocenters. The number of hydrogen-bond donors (Lipinski definition) is 1. The predicted molar refractivity (Wildman–Crippen MR) is 100 cm³/mol. The van der Waals surface area contributed by atoms with Gasteiger partial charge in [-0.15, -0.1) is 11.3 Å². The Labute approximate surface area is 156 Å². The minimum absolute atomic E-state index is 0.0521. The van der Waals surface area contributed by atoms with Crippen molar-refractivity contribution in [2.75, 3.05) is 18.0 Å². The van der Waals surface area contributed by atoms with Crippen LogP contribution in [0.25, 0.3) is 0 Å². The van der Waals surface area contributed by atoms with Crippen LogP contribution < -0.4 is 10.2 Å². The summed E-state index contributed by atoms with van der Waals surface area (Å²) < 4.78 is 0.581. The van der Waals surface area contributed by atoms with Gasteiger partial charge in [-0.05, 0) is 36.6 Å². The molecule has 7 heteroatoms. The Bertz CT molecular complexity index is 739. The molecule has 1 N–H and O–H groups in total. The molecular formula is C18H20ClN3O2S. The number of carbonyl (C=O) groups excluding carboxylic acids is 2. The van der Waals surface area contributed by atoms with Crippen molar-refractivity contribution >= 4 is 40.4 Å². The minimum Gasteiger partial charge on any atom is -0.357 e. The second kappa shape index (κ2) is 8.45. The maximum Gasteiger partial charge on any atom is 0.220 e. The summed E-state index contributed by atoms with van der Waals surface area (Å²) in [5.74, 6) is 0.802. The molecule has 0 bridgehead atoms. The van der Waals surface area contributed by atoms with Gasteiger partial charge in [0.05, 0.1) is 9.21 Å². The van der Waals surface area contributed by atoms with Crippen LogP contribution >= 0.6 is 22.9 Å². The van der Waals surface area contributed by atoms with Crippen molar-refractivity contribution in [1.29, 1.82) is 0 Å². The summed E-state index contributed by atoms with van der Waals surface area (Å²) in [6, 6.07) is 7.37. The van der Waals surface area contributed by atoms with Crippen LogP contribution in [0.2, 0.25) is 4.34 Å². The Morgan fingerprint density at radius 2 is 1.96 bits per heavy atom. The summed E-state index contributed by atoms with van der Waals surface area (Å²) in [6.07, 6.45) is 4.60. The van der Waals surface area contributed by atoms with E-state index in [0.717, 1.165) is 24.5 Å². The van der Waals surface area contributed by atoms with Crippen molar-refractivity contribution in [2.45, 2.75) is 32.2 Å². The van der Waals surface area contributed by atoms with E-state index in [1.54, 1.807) is 18.3 Å². The van der Waals surface area contributed by atoms with E-state index in [1.165, 1.54) is 24.2 Å². The van der Waals surface area contributed by atoms with Crippen LogP contribution in [0.15, 0.2) is 30.5 Å². The van der Waals surface area contributed by atoms with Crippen LogP contribution in [0.1, 0.15) is 40.9 Å². The fourth-order valence-electron chi connectivity index (χ4n) is 2.76. The summed E-state index contributed by atoms with van der Waals surface area (Å²) in [4.78, 5) is 31.2. The van der Waals surface area contributed by atoms with Gasteiger partial charge in [0.2, 0.25) is 5.91 Å². The third kappa shape index (κ3) is 5.03. The summed E-state index contributed by atoms with van der Waals surface area (Å²) in [5.41, 5.74) is 0.952. The van der Waals surface area contributed by atoms with Gasteiger partial charge in [-0.1, -0.05) is 17.7 Å². The topological polar surface area (TPSA) is 62.3 Å². The molecule has 0 aliphatic carbocycles. The number of thiophene rings is 1. The number of ketones is 1. The first-order chi connectivity index (χ1) is 12.1. The Balaban J connectivity index is 1.41. The van der Waals surface area contributed by atoms with Crippen molar-refractivity contribution in [3.05, 3.63) is 45.2 Å². The fourth-order valence-corrected chi connectivity index (χ4v) is 3.77. The molecule has 0 spiro atoms. The van der Waals surface area contributed by atoms with Gasteiger partial charge in [0.25, 0.3) is 0 Å². The quantitative estimate of drug-likeness (QED) is 0.748. The number of aromatic nitrogens is 1. The Hall–Kier alpha value is -1.92. The first-order valence-electron chi connectivity index (χ1n) is 8.37. The third-order valence-corrected chi connectivity index (χ3v) is 5.43. The minimum atomic E-state index is -0.139. The zero-order chi connectivity index (χ0) is 17.6. The van der Waals surface area contributed by atoms with Crippen molar-refractivity contribution in [2.24, 2.45) is 0 Å². The van der Waals surface area contributed by atoms with E-state index >= 15 is 0 Å². The van der Waals surface area contributed by atoms with Gasteiger partial charge in [0.1, 0.15) is 5.82 Å². The van der Waals surface area contributed by atoms with E-state index in [9.17, 15) is 9.59 Å². The molecule has 25 heavy (non-hydrogen) atoms. The van der Waals surface area contributed by atoms with Gasteiger partial charge in [-0.25, -0.2) is 4.98 Å². The summed E-state index contributed by atoms with van der Waals surface area (Å²) in [7, 11) is 0. The molecule has 1 fully saturated rings. The maximum absolute atomic E-state index is 12.0. The number of hydrogen-bond acceptors (Lipinski definition) is 5. The molecule has 3 rings (SSSR count). The molecule has 5 nitrogen and oxygen atoms in total. The van der Waals surface area contributed by atoms with Gasteiger partial charge >= 0.3 is 0 Å². The van der Waals surface area contributed by atoms with Crippen molar-refractivity contribution in [3.63, 3.8) is 0 Å². The monoisotopic (exact) mass is 377 g/mol. The van der Waals surface area contributed by atoms with Gasteiger partial charge < -0.3 is 10.2 Å². The van der Waals surface area contributed by atoms with E-state index in [2.05, 4.69) is 15.2 Å². The number of Topliss-reactive ketones (excluding diaryl/α,β-unsaturated/α-hetero) is 1. The van der Waals surface area contributed by atoms with Gasteiger partial charge in [-0.3, -0.25) is 9.59 Å². The first-order valence-corrected chi connectivity index (χ1v) is 9.56. The molecule has 0 radical (unpaired) electrons. The summed E-state index contributed by atoms with van der Waals surface area (Å²) >= 11 is 7.06. The molecule has 132 valence electrons. The number of rotatable bonds is 7. The zero-order valence-corrected chi connectivity index (χ0v) is 15.4. The molecule has 1 saturated heterocycles. The molecule has 1 aliphatic rings. The maximum atomic E-state index is 12.0. The third-order valence-electron chi connectivity index (χ3n) is 4.16. The second-order valence-electron chi connectivity index (χ2n) is 6.02. The molecule has 0 saturated carbocycles. The van der Waals surface area contributed by atoms with E-state index in [-0.39, 0.29) is 24.5 Å². The van der Waals surface area contributed by atoms with Crippen molar-refractivity contribution in [3.8, 4) is 0 Å². The van der Waals surface area contributed by atoms with E-state index in [4.69, 9.17) is 11.6 Å². The van der Waals surface area contributed by atoms with Crippen LogP contribution in [-0.2, 0) is 11.3 Å². The number of anilines is 1. The summed E-state index contributed by atoms with van der Waals surface area (Å²) in [5, 5.41) is 2.83. The smallest absolute Gasteiger partial charge is 0.220 e. The van der Waals surface area contributed by atoms with Crippen molar-refractivity contribution < 1.29 is 9.59 Å². The Kier molecular flexibility index (Phi) is 6.04. The molecular weight excluding hydrogens is 358 g/mol. The van der Waals surface area contributed by atoms with Crippen LogP contribution in [0.4, 0.5) is 5.82 Å². The highest BCUT2D eigenvalue weighted by Gasteiger charge is 2.14. The first kappa shape index (κ1) is 17.9. The van der Waals surface area contributed by atoms with Crippen molar-refractivity contribution in [1.82, 2.24) is 10.3 Å². The lowest BCUT2D eigenvalue weighted by atomic mass is 10.2. The van der Waals surface area contributed by atoms with E-state index < -0.39 is 0 Å². The number of nitrogens with zero attached hydrogens (tertiary/aromatic N) is 2. The predicted octanol–water partition coefficient (Wildman–Crippen LogP) is 3.68. The second-order valence-corrected chi connectivity index (χ2v) is 7.74. The number of amides is 1. The molecule has 1 aliphatic heterocycles. The Morgan fingerprint density at radius 3 is 2.60 bits per heavy atom. The average molecular weight is 378 g/mol. The van der Waals surface area contributed by atoms with Crippen LogP contribution in [0.5, 0.6) is 0 Å². The molecule has 1 amide bonds. The largest absolute Gasteiger partial charge is 0.357 e. The lowest BCUT2D eigenvalue weighted by Crippen LogP contribution is -2.23. The molecule has 3 heterocycles. The SMILES string of the molecule is O=C(CCC(=O)c1ccc(Cl)s1)NCc1ccc(N2CCCC2)nc1. The number of pyridine rings is 1. The van der Waals surface area contributed by atoms with E-state index in [0.29, 0.717) is 15.8 Å². The lowest BCUT2D eigenvalue weighted by molar-refractivity contribution is -0.121. The van der Waals surface area contributed by atoms with Crippen LogP contribution in [-0.4, -0.2) is 29.8 Å². The van der Waals surface area contributed by atoms with E-state index in [1.807, 2.05) is 12.1 Å². The standard InChI is InChI=1S/C18H20ClN3O2S/c19-16-6-5-15(25-16)14(23)4-8-18(24)21-12-13-3-7-17(20-11-13)22-9-1-2-10-22/h3,5-7,11H,1-2,4,8-10,12H2,(H,21,24). The molecule has 0 aromatic carbocycles. The highest BCUT2D eigenvalue weighted by molar-refractivity contribution is 7.18. The highest BCUT2D eigenvalue weighted by Crippen LogP contribution is 2.23. The normalized spacial score (nSPS) is 13.9. The molecule has 0 atom stereocenters. The van der Waals surface area contributed by atoms with Gasteiger partial charge in [0.15, 0.2) is 5.78 Å². The van der Waals surface area contributed by atoms with Crippen LogP contribution in [0, 0.1) is 0 Å². The number of carbonyl (C=O) groups is 2. The number of halogens is 1. The highest BCUT2D eigenvalue weighted by atomic mass is 35.5. The van der Waals surface area contributed by atoms with Gasteiger partial charge in [-0.2, -0.15) is 0 Å². The summed E-state index contributed by atoms with van der Waals surface area (Å²) in [6.45, 7) is 2.55. The molecule has 2 aromatic heterocycles. The zero-order valence-electron chi connectivity index (χ0n) is 13.8. The average Bonchev–Trinajstić information content (AvgIpc) is 3.30.